The van der Waals surface area contributed by atoms with Crippen LogP contribution < -0.4 is 10.2 Å². The van der Waals surface area contributed by atoms with Gasteiger partial charge in [-0.2, -0.15) is 4.73 Å². The minimum Gasteiger partial charge on any atom is -0.476 e. The van der Waals surface area contributed by atoms with Crippen molar-refractivity contribution in [3.05, 3.63) is 35.5 Å². The van der Waals surface area contributed by atoms with E-state index < -0.39 is 5.97 Å². The van der Waals surface area contributed by atoms with E-state index in [0.29, 0.717) is 16.5 Å². The van der Waals surface area contributed by atoms with E-state index in [4.69, 9.17) is 9.94 Å². The van der Waals surface area contributed by atoms with Crippen LogP contribution >= 0.6 is 0 Å². The third kappa shape index (κ3) is 1.77. The summed E-state index contributed by atoms with van der Waals surface area (Å²) in [5, 5.41) is 12.2. The maximum Gasteiger partial charge on any atom is 0.356 e. The molecule has 0 aliphatic heterocycles. The van der Waals surface area contributed by atoms with E-state index in [2.05, 4.69) is 5.32 Å². The van der Waals surface area contributed by atoms with Gasteiger partial charge in [0.1, 0.15) is 7.11 Å². The van der Waals surface area contributed by atoms with Gasteiger partial charge in [-0.15, -0.1) is 0 Å². The summed E-state index contributed by atoms with van der Waals surface area (Å²) in [5.74, 6) is -1.33. The Balaban J connectivity index is 2.68. The first kappa shape index (κ1) is 12.0. The molecule has 1 aromatic carbocycles. The van der Waals surface area contributed by atoms with Crippen molar-refractivity contribution in [2.45, 2.75) is 0 Å². The summed E-state index contributed by atoms with van der Waals surface area (Å²) < 4.78 is 1.18. The smallest absolute Gasteiger partial charge is 0.356 e. The fraction of sp³-hybridized carbons (Fsp3) is 0.167. The van der Waals surface area contributed by atoms with Gasteiger partial charge in [0.05, 0.1) is 5.52 Å². The van der Waals surface area contributed by atoms with E-state index in [-0.39, 0.29) is 11.6 Å². The monoisotopic (exact) mass is 248 g/mol. The molecule has 0 spiro atoms. The minimum absolute atomic E-state index is 0.0153. The third-order valence-electron chi connectivity index (χ3n) is 2.65. The second-order valence-corrected chi connectivity index (χ2v) is 3.66. The molecule has 0 radical (unpaired) electrons. The Labute approximate surface area is 103 Å². The SMILES string of the molecule is CNC(=O)c1ccc2cc(C(=O)O)n(OC)c2c1. The number of carbonyl (C=O) groups is 2. The number of aromatic carboxylic acids is 1. The van der Waals surface area contributed by atoms with Gasteiger partial charge in [0.15, 0.2) is 5.69 Å². The van der Waals surface area contributed by atoms with Gasteiger partial charge in [-0.25, -0.2) is 4.79 Å². The van der Waals surface area contributed by atoms with Crippen LogP contribution in [0.5, 0.6) is 0 Å². The predicted molar refractivity (Wildman–Crippen MR) is 64.8 cm³/mol. The molecular formula is C12H12N2O4. The van der Waals surface area contributed by atoms with Gasteiger partial charge in [0.25, 0.3) is 5.91 Å². The molecule has 2 N–H and O–H groups in total. The molecule has 0 bridgehead atoms. The van der Waals surface area contributed by atoms with Gasteiger partial charge in [-0.1, -0.05) is 6.07 Å². The van der Waals surface area contributed by atoms with Crippen molar-refractivity contribution in [2.75, 3.05) is 14.2 Å². The number of carboxylic acids is 1. The Morgan fingerprint density at radius 3 is 2.61 bits per heavy atom. The molecule has 6 heteroatoms. The van der Waals surface area contributed by atoms with Crippen molar-refractivity contribution in [1.82, 2.24) is 10.0 Å². The summed E-state index contributed by atoms with van der Waals surface area (Å²) in [6.45, 7) is 0. The number of carbonyl (C=O) groups excluding carboxylic acids is 1. The lowest BCUT2D eigenvalue weighted by Gasteiger charge is -2.06. The third-order valence-corrected chi connectivity index (χ3v) is 2.65. The number of nitrogens with one attached hydrogen (secondary N) is 1. The van der Waals surface area contributed by atoms with Crippen LogP contribution in [0.4, 0.5) is 0 Å². The Hall–Kier alpha value is -2.50. The van der Waals surface area contributed by atoms with Crippen LogP contribution in [0.25, 0.3) is 10.9 Å². The molecule has 1 heterocycles. The molecule has 0 unspecified atom stereocenters. The molecule has 0 saturated heterocycles. The maximum absolute atomic E-state index is 11.5. The highest BCUT2D eigenvalue weighted by Gasteiger charge is 2.16. The second kappa shape index (κ2) is 4.40. The van der Waals surface area contributed by atoms with Crippen LogP contribution in [0.15, 0.2) is 24.3 Å². The molecule has 1 amide bonds. The zero-order valence-corrected chi connectivity index (χ0v) is 9.93. The Bertz CT molecular complexity index is 630. The molecule has 0 aliphatic rings. The minimum atomic E-state index is -1.09. The largest absolute Gasteiger partial charge is 0.476 e. The number of rotatable bonds is 3. The highest BCUT2D eigenvalue weighted by Crippen LogP contribution is 2.20. The topological polar surface area (TPSA) is 80.6 Å². The first-order valence-corrected chi connectivity index (χ1v) is 5.24. The van der Waals surface area contributed by atoms with E-state index in [1.54, 1.807) is 18.2 Å². The van der Waals surface area contributed by atoms with Crippen LogP contribution in [0.1, 0.15) is 20.8 Å². The van der Waals surface area contributed by atoms with Gasteiger partial charge >= 0.3 is 5.97 Å². The van der Waals surface area contributed by atoms with Crippen molar-refractivity contribution in [2.24, 2.45) is 0 Å². The van der Waals surface area contributed by atoms with Gasteiger partial charge in [-0.3, -0.25) is 4.79 Å². The number of carboxylic acid groups (broad SMARTS) is 1. The first-order valence-electron chi connectivity index (χ1n) is 5.24. The van der Waals surface area contributed by atoms with Crippen molar-refractivity contribution in [3.63, 3.8) is 0 Å². The van der Waals surface area contributed by atoms with Gasteiger partial charge in [0, 0.05) is 18.0 Å². The standard InChI is InChI=1S/C12H12N2O4/c1-13-11(15)8-4-3-7-5-10(12(16)17)14(18-2)9(7)6-8/h3-6H,1-2H3,(H,13,15)(H,16,17). The molecule has 2 rings (SSSR count). The van der Waals surface area contributed by atoms with Gasteiger partial charge in [0.2, 0.25) is 0 Å². The zero-order chi connectivity index (χ0) is 13.3. The fourth-order valence-electron chi connectivity index (χ4n) is 1.81. The molecule has 0 saturated carbocycles. The summed E-state index contributed by atoms with van der Waals surface area (Å²) in [7, 11) is 2.91. The number of benzene rings is 1. The van der Waals surface area contributed by atoms with Crippen LogP contribution in [-0.2, 0) is 0 Å². The zero-order valence-electron chi connectivity index (χ0n) is 9.93. The lowest BCUT2D eigenvalue weighted by Crippen LogP contribution is -2.18. The Morgan fingerprint density at radius 2 is 2.06 bits per heavy atom. The molecule has 2 aromatic rings. The Kier molecular flexibility index (Phi) is 2.93. The first-order chi connectivity index (χ1) is 8.58. The van der Waals surface area contributed by atoms with Crippen molar-refractivity contribution in [1.29, 1.82) is 0 Å². The van der Waals surface area contributed by atoms with E-state index >= 15 is 0 Å². The second-order valence-electron chi connectivity index (χ2n) is 3.66. The lowest BCUT2D eigenvalue weighted by atomic mass is 10.1. The molecule has 0 aliphatic carbocycles. The number of fused-ring (bicyclic) bond motifs is 1. The molecular weight excluding hydrogens is 236 g/mol. The average molecular weight is 248 g/mol. The van der Waals surface area contributed by atoms with Crippen LogP contribution in [0.2, 0.25) is 0 Å². The summed E-state index contributed by atoms with van der Waals surface area (Å²) in [4.78, 5) is 27.6. The Morgan fingerprint density at radius 1 is 1.33 bits per heavy atom. The quantitative estimate of drug-likeness (QED) is 0.840. The van der Waals surface area contributed by atoms with Gasteiger partial charge < -0.3 is 15.3 Å². The molecule has 0 fully saturated rings. The van der Waals surface area contributed by atoms with Gasteiger partial charge in [-0.05, 0) is 18.2 Å². The maximum atomic E-state index is 11.5. The van der Waals surface area contributed by atoms with Crippen molar-refractivity contribution < 1.29 is 19.5 Å². The van der Waals surface area contributed by atoms with Crippen molar-refractivity contribution in [3.8, 4) is 0 Å². The van der Waals surface area contributed by atoms with Crippen LogP contribution in [0, 0.1) is 0 Å². The highest BCUT2D eigenvalue weighted by molar-refractivity contribution is 6.00. The predicted octanol–water partition coefficient (Wildman–Crippen LogP) is 0.758. The lowest BCUT2D eigenvalue weighted by molar-refractivity contribution is 0.0645. The molecule has 6 nitrogen and oxygen atoms in total. The van der Waals surface area contributed by atoms with E-state index in [9.17, 15) is 9.59 Å². The number of nitrogens with zero attached hydrogens (tertiary/aromatic N) is 1. The number of amides is 1. The number of hydrogen-bond acceptors (Lipinski definition) is 3. The molecule has 0 atom stereocenters. The molecule has 18 heavy (non-hydrogen) atoms. The van der Waals surface area contributed by atoms with Crippen molar-refractivity contribution >= 4 is 22.8 Å². The summed E-state index contributed by atoms with van der Waals surface area (Å²) in [6.07, 6.45) is 0. The molecule has 1 aromatic heterocycles. The summed E-state index contributed by atoms with van der Waals surface area (Å²) in [5.41, 5.74) is 0.996. The normalized spacial score (nSPS) is 10.3. The summed E-state index contributed by atoms with van der Waals surface area (Å²) >= 11 is 0. The summed E-state index contributed by atoms with van der Waals surface area (Å²) in [6, 6.07) is 6.40. The van der Waals surface area contributed by atoms with E-state index in [1.165, 1.54) is 25.0 Å². The van der Waals surface area contributed by atoms with E-state index in [0.717, 1.165) is 0 Å². The average Bonchev–Trinajstić information content (AvgIpc) is 2.75. The van der Waals surface area contributed by atoms with Crippen LogP contribution in [0.3, 0.4) is 0 Å². The highest BCUT2D eigenvalue weighted by atomic mass is 16.6. The molecule has 94 valence electrons. The van der Waals surface area contributed by atoms with Crippen LogP contribution in [-0.4, -0.2) is 35.9 Å². The van der Waals surface area contributed by atoms with E-state index in [1.807, 2.05) is 0 Å². The fourth-order valence-corrected chi connectivity index (χ4v) is 1.81. The number of aromatic nitrogens is 1. The number of hydrogen-bond donors (Lipinski definition) is 2.